The Morgan fingerprint density at radius 1 is 1.07 bits per heavy atom. The van der Waals surface area contributed by atoms with Crippen LogP contribution in [0.25, 0.3) is 0 Å². The minimum atomic E-state index is 0.674. The molecule has 1 N–H and O–H groups in total. The van der Waals surface area contributed by atoms with Gasteiger partial charge in [-0.1, -0.05) is 21.1 Å². The average Bonchev–Trinajstić information content (AvgIpc) is 2.85. The summed E-state index contributed by atoms with van der Waals surface area (Å²) in [5, 5.41) is 12.8. The Morgan fingerprint density at radius 2 is 1.86 bits per heavy atom. The molecule has 0 radical (unpaired) electrons. The molecule has 14 heavy (non-hydrogen) atoms. The fourth-order valence-electron chi connectivity index (χ4n) is 6.36. The van der Waals surface area contributed by atoms with Gasteiger partial charge in [-0.15, -0.1) is 0 Å². The lowest BCUT2D eigenvalue weighted by Crippen LogP contribution is -2.30. The van der Waals surface area contributed by atoms with Gasteiger partial charge >= 0.3 is 0 Å². The Balaban J connectivity index is 1.85. The van der Waals surface area contributed by atoms with Gasteiger partial charge in [-0.25, -0.2) is 0 Å². The van der Waals surface area contributed by atoms with Gasteiger partial charge in [-0.2, -0.15) is 0 Å². The third kappa shape index (κ3) is 0.427. The van der Waals surface area contributed by atoms with Crippen LogP contribution in [0.5, 0.6) is 0 Å². The highest BCUT2D eigenvalue weighted by atomic mass is 79.9. The zero-order valence-electron chi connectivity index (χ0n) is 7.68. The second kappa shape index (κ2) is 1.81. The molecular formula is C11H12BrNO. The van der Waals surface area contributed by atoms with Crippen LogP contribution >= 0.6 is 15.9 Å². The summed E-state index contributed by atoms with van der Waals surface area (Å²) in [6.45, 7) is 0. The van der Waals surface area contributed by atoms with Gasteiger partial charge in [0.25, 0.3) is 0 Å². The van der Waals surface area contributed by atoms with Crippen molar-refractivity contribution in [1.29, 1.82) is 0 Å². The van der Waals surface area contributed by atoms with E-state index in [0.29, 0.717) is 11.8 Å². The summed E-state index contributed by atoms with van der Waals surface area (Å²) >= 11 is 3.91. The Morgan fingerprint density at radius 3 is 2.57 bits per heavy atom. The molecule has 0 aromatic heterocycles. The molecule has 2 nitrogen and oxygen atoms in total. The smallest absolute Gasteiger partial charge is 0.0644 e. The van der Waals surface area contributed by atoms with Crippen molar-refractivity contribution >= 4 is 21.6 Å². The van der Waals surface area contributed by atoms with Crippen molar-refractivity contribution in [3.05, 3.63) is 0 Å². The number of alkyl halides is 1. The number of hydrogen-bond donors (Lipinski definition) is 1. The van der Waals surface area contributed by atoms with Crippen molar-refractivity contribution < 1.29 is 5.21 Å². The lowest BCUT2D eigenvalue weighted by Gasteiger charge is -2.32. The van der Waals surface area contributed by atoms with Crippen LogP contribution in [-0.4, -0.2) is 15.7 Å². The van der Waals surface area contributed by atoms with Crippen LogP contribution in [0.4, 0.5) is 0 Å². The molecule has 0 saturated heterocycles. The predicted molar refractivity (Wildman–Crippen MR) is 54.5 cm³/mol. The molecule has 0 aromatic carbocycles. The molecule has 6 fully saturated rings. The summed E-state index contributed by atoms with van der Waals surface area (Å²) in [5.41, 5.74) is 1.20. The second-order valence-electron chi connectivity index (χ2n) is 5.89. The Bertz CT molecular complexity index is 379. The van der Waals surface area contributed by atoms with Crippen LogP contribution < -0.4 is 0 Å². The van der Waals surface area contributed by atoms with Gasteiger partial charge in [0.2, 0.25) is 0 Å². The van der Waals surface area contributed by atoms with Crippen molar-refractivity contribution in [3.63, 3.8) is 0 Å². The Hall–Kier alpha value is -0.0500. The maximum atomic E-state index is 9.14. The maximum absolute atomic E-state index is 9.14. The molecule has 74 valence electrons. The summed E-state index contributed by atoms with van der Waals surface area (Å²) in [5.74, 6) is 6.84. The summed E-state index contributed by atoms with van der Waals surface area (Å²) in [6, 6.07) is 0. The van der Waals surface area contributed by atoms with Crippen LogP contribution in [0.3, 0.4) is 0 Å². The monoisotopic (exact) mass is 253 g/mol. The van der Waals surface area contributed by atoms with E-state index in [-0.39, 0.29) is 0 Å². The Labute approximate surface area is 90.9 Å². The van der Waals surface area contributed by atoms with E-state index < -0.39 is 0 Å². The predicted octanol–water partition coefficient (Wildman–Crippen LogP) is 1.97. The van der Waals surface area contributed by atoms with Gasteiger partial charge in [0.1, 0.15) is 0 Å². The van der Waals surface area contributed by atoms with E-state index in [1.165, 1.54) is 12.1 Å². The minimum absolute atomic E-state index is 0.674. The molecule has 6 rings (SSSR count). The highest BCUT2D eigenvalue weighted by Crippen LogP contribution is 2.82. The molecule has 0 spiro atoms. The van der Waals surface area contributed by atoms with Crippen LogP contribution in [0.1, 0.15) is 6.42 Å². The SMILES string of the molecule is ON=C1[C@H]2[C@@H]3C[C@H]4[C@H]2[C@@H]2[C@H](Br)[C@@H]4[C@@H]3[C@@H]12. The molecule has 6 aliphatic rings. The normalized spacial score (nSPS) is 77.8. The minimum Gasteiger partial charge on any atom is -0.411 e. The van der Waals surface area contributed by atoms with Crippen molar-refractivity contribution in [2.75, 3.05) is 0 Å². The first-order valence-corrected chi connectivity index (χ1v) is 6.62. The van der Waals surface area contributed by atoms with E-state index in [2.05, 4.69) is 21.1 Å². The lowest BCUT2D eigenvalue weighted by molar-refractivity contribution is 0.132. The van der Waals surface area contributed by atoms with E-state index in [1.54, 1.807) is 0 Å². The maximum Gasteiger partial charge on any atom is 0.0644 e. The highest BCUT2D eigenvalue weighted by molar-refractivity contribution is 9.09. The van der Waals surface area contributed by atoms with Crippen LogP contribution in [0.2, 0.25) is 0 Å². The molecule has 6 aliphatic carbocycles. The first kappa shape index (κ1) is 7.26. The molecule has 6 saturated carbocycles. The van der Waals surface area contributed by atoms with Crippen LogP contribution in [0, 0.1) is 47.3 Å². The van der Waals surface area contributed by atoms with Crippen LogP contribution in [-0.2, 0) is 0 Å². The number of oxime groups is 1. The van der Waals surface area contributed by atoms with Gasteiger partial charge in [0.15, 0.2) is 0 Å². The molecule has 0 amide bonds. The molecule has 0 aliphatic heterocycles. The molecule has 0 aromatic rings. The second-order valence-corrected chi connectivity index (χ2v) is 6.95. The summed E-state index contributed by atoms with van der Waals surface area (Å²) < 4.78 is 0. The van der Waals surface area contributed by atoms with E-state index in [9.17, 15) is 0 Å². The molecule has 9 atom stereocenters. The third-order valence-corrected chi connectivity index (χ3v) is 7.38. The lowest BCUT2D eigenvalue weighted by atomic mass is 9.71. The highest BCUT2D eigenvalue weighted by Gasteiger charge is 2.82. The fourth-order valence-corrected chi connectivity index (χ4v) is 7.79. The number of halogens is 1. The van der Waals surface area contributed by atoms with Gasteiger partial charge in [-0.3, -0.25) is 0 Å². The van der Waals surface area contributed by atoms with E-state index in [0.717, 1.165) is 40.3 Å². The molecule has 6 bridgehead atoms. The molecule has 3 heteroatoms. The standard InChI is InChI=1S/C11H12BrNO/c12-10-6-2-1-3-4(6)9-8(10)5(2)7(3)11(9)13-14/h2-10,14H,1H2/t2-,3+,4+,5+,6-,7-,8-,9+,10+/m0/s1. The van der Waals surface area contributed by atoms with Gasteiger partial charge in [-0.05, 0) is 41.9 Å². The summed E-state index contributed by atoms with van der Waals surface area (Å²) in [6.07, 6.45) is 1.44. The number of hydrogen-bond acceptors (Lipinski definition) is 2. The van der Waals surface area contributed by atoms with Gasteiger partial charge < -0.3 is 5.21 Å². The Kier molecular flexibility index (Phi) is 0.940. The topological polar surface area (TPSA) is 32.6 Å². The molecule has 0 heterocycles. The zero-order valence-corrected chi connectivity index (χ0v) is 9.26. The van der Waals surface area contributed by atoms with Gasteiger partial charge in [0.05, 0.1) is 5.71 Å². The quantitative estimate of drug-likeness (QED) is 0.400. The van der Waals surface area contributed by atoms with Crippen molar-refractivity contribution in [2.24, 2.45) is 52.5 Å². The van der Waals surface area contributed by atoms with Crippen molar-refractivity contribution in [3.8, 4) is 0 Å². The fraction of sp³-hybridized carbons (Fsp3) is 0.909. The van der Waals surface area contributed by atoms with E-state index in [1.807, 2.05) is 0 Å². The van der Waals surface area contributed by atoms with E-state index >= 15 is 0 Å². The number of rotatable bonds is 0. The van der Waals surface area contributed by atoms with E-state index in [4.69, 9.17) is 5.21 Å². The average molecular weight is 254 g/mol. The molecule has 0 unspecified atom stereocenters. The third-order valence-electron chi connectivity index (χ3n) is 6.16. The first-order chi connectivity index (χ1) is 6.84. The summed E-state index contributed by atoms with van der Waals surface area (Å²) in [7, 11) is 0. The van der Waals surface area contributed by atoms with Crippen LogP contribution in [0.15, 0.2) is 5.16 Å². The van der Waals surface area contributed by atoms with Crippen molar-refractivity contribution in [1.82, 2.24) is 0 Å². The van der Waals surface area contributed by atoms with Gasteiger partial charge in [0, 0.05) is 16.7 Å². The van der Waals surface area contributed by atoms with Crippen molar-refractivity contribution in [2.45, 2.75) is 11.2 Å². The summed E-state index contributed by atoms with van der Waals surface area (Å²) in [4.78, 5) is 0.752. The first-order valence-electron chi connectivity index (χ1n) is 5.70. The largest absolute Gasteiger partial charge is 0.411 e. The molecular weight excluding hydrogens is 242 g/mol. The zero-order chi connectivity index (χ0) is 9.19. The number of nitrogens with zero attached hydrogens (tertiary/aromatic N) is 1.